The molecule has 0 atom stereocenters. The van der Waals surface area contributed by atoms with Crippen LogP contribution in [0.1, 0.15) is 16.1 Å². The molecule has 0 aliphatic carbocycles. The zero-order valence-corrected chi connectivity index (χ0v) is 13.5. The van der Waals surface area contributed by atoms with E-state index >= 15 is 0 Å². The molecular formula is C19H19N3O2. The van der Waals surface area contributed by atoms with Crippen molar-refractivity contribution in [1.29, 1.82) is 0 Å². The van der Waals surface area contributed by atoms with Gasteiger partial charge in [-0.1, -0.05) is 30.3 Å². The second-order valence-corrected chi connectivity index (χ2v) is 5.36. The van der Waals surface area contributed by atoms with Crippen molar-refractivity contribution in [3.8, 4) is 16.9 Å². The van der Waals surface area contributed by atoms with Gasteiger partial charge in [0, 0.05) is 36.0 Å². The van der Waals surface area contributed by atoms with Crippen molar-refractivity contribution >= 4 is 5.91 Å². The van der Waals surface area contributed by atoms with Gasteiger partial charge in [-0.3, -0.25) is 4.79 Å². The van der Waals surface area contributed by atoms with E-state index in [0.29, 0.717) is 12.1 Å². The van der Waals surface area contributed by atoms with Crippen molar-refractivity contribution in [1.82, 2.24) is 15.3 Å². The highest BCUT2D eigenvalue weighted by atomic mass is 16.5. The molecule has 0 spiro atoms. The number of hydrogen-bond donors (Lipinski definition) is 2. The molecule has 0 radical (unpaired) electrons. The molecule has 3 rings (SSSR count). The van der Waals surface area contributed by atoms with Gasteiger partial charge in [-0.05, 0) is 23.8 Å². The summed E-state index contributed by atoms with van der Waals surface area (Å²) in [5.74, 6) is 0.695. The van der Waals surface area contributed by atoms with Crippen molar-refractivity contribution in [3.05, 3.63) is 72.3 Å². The minimum Gasteiger partial charge on any atom is -0.496 e. The van der Waals surface area contributed by atoms with E-state index < -0.39 is 0 Å². The number of carbonyl (C=O) groups excluding carboxylic acids is 1. The predicted molar refractivity (Wildman–Crippen MR) is 93.1 cm³/mol. The number of aromatic amines is 1. The first-order valence-electron chi connectivity index (χ1n) is 7.77. The van der Waals surface area contributed by atoms with Gasteiger partial charge < -0.3 is 15.0 Å². The molecule has 5 heteroatoms. The van der Waals surface area contributed by atoms with E-state index in [1.54, 1.807) is 19.6 Å². The number of imidazole rings is 1. The molecule has 0 unspecified atom stereocenters. The predicted octanol–water partition coefficient (Wildman–Crippen LogP) is 3.06. The first-order chi connectivity index (χ1) is 11.8. The zero-order valence-electron chi connectivity index (χ0n) is 13.5. The van der Waals surface area contributed by atoms with Crippen molar-refractivity contribution in [2.75, 3.05) is 13.7 Å². The number of nitrogens with one attached hydrogen (secondary N) is 2. The average Bonchev–Trinajstić information content (AvgIpc) is 3.15. The lowest BCUT2D eigenvalue weighted by Crippen LogP contribution is -2.25. The molecule has 1 aromatic heterocycles. The van der Waals surface area contributed by atoms with Gasteiger partial charge in [0.1, 0.15) is 5.75 Å². The Labute approximate surface area is 140 Å². The number of benzene rings is 2. The summed E-state index contributed by atoms with van der Waals surface area (Å²) >= 11 is 0. The molecule has 122 valence electrons. The first-order valence-corrected chi connectivity index (χ1v) is 7.77. The van der Waals surface area contributed by atoms with Crippen LogP contribution in [0, 0.1) is 0 Å². The minimum atomic E-state index is -0.0914. The standard InChI is InChI=1S/C19H19N3O2/c1-24-18-8-3-2-7-17(18)14-5-4-6-15(11-14)19(23)21-10-9-16-12-20-13-22-16/h2-8,11-13H,9-10H2,1H3,(H,20,22)(H,21,23). The van der Waals surface area contributed by atoms with Crippen molar-refractivity contribution in [2.24, 2.45) is 0 Å². The molecule has 0 aliphatic rings. The lowest BCUT2D eigenvalue weighted by molar-refractivity contribution is 0.0954. The topological polar surface area (TPSA) is 67.0 Å². The second-order valence-electron chi connectivity index (χ2n) is 5.36. The van der Waals surface area contributed by atoms with Crippen molar-refractivity contribution in [2.45, 2.75) is 6.42 Å². The monoisotopic (exact) mass is 321 g/mol. The summed E-state index contributed by atoms with van der Waals surface area (Å²) in [6.07, 6.45) is 4.11. The molecule has 0 saturated carbocycles. The van der Waals surface area contributed by atoms with Crippen LogP contribution in [-0.2, 0) is 6.42 Å². The summed E-state index contributed by atoms with van der Waals surface area (Å²) in [5.41, 5.74) is 3.54. The van der Waals surface area contributed by atoms with Crippen molar-refractivity contribution in [3.63, 3.8) is 0 Å². The van der Waals surface area contributed by atoms with E-state index in [-0.39, 0.29) is 5.91 Å². The maximum atomic E-state index is 12.3. The van der Waals surface area contributed by atoms with E-state index in [1.807, 2.05) is 48.5 Å². The number of carbonyl (C=O) groups is 1. The number of amides is 1. The second kappa shape index (κ2) is 7.46. The number of ether oxygens (including phenoxy) is 1. The highest BCUT2D eigenvalue weighted by Crippen LogP contribution is 2.29. The molecule has 1 heterocycles. The van der Waals surface area contributed by atoms with E-state index in [2.05, 4.69) is 15.3 Å². The van der Waals surface area contributed by atoms with Crippen LogP contribution in [0.5, 0.6) is 5.75 Å². The number of methoxy groups -OCH3 is 1. The third-order valence-electron chi connectivity index (χ3n) is 3.78. The number of para-hydroxylation sites is 1. The Hall–Kier alpha value is -3.08. The van der Waals surface area contributed by atoms with Crippen LogP contribution >= 0.6 is 0 Å². The van der Waals surface area contributed by atoms with Gasteiger partial charge in [0.2, 0.25) is 0 Å². The van der Waals surface area contributed by atoms with Gasteiger partial charge in [0.05, 0.1) is 13.4 Å². The summed E-state index contributed by atoms with van der Waals surface area (Å²) in [6.45, 7) is 0.555. The quantitative estimate of drug-likeness (QED) is 0.733. The smallest absolute Gasteiger partial charge is 0.251 e. The fraction of sp³-hybridized carbons (Fsp3) is 0.158. The van der Waals surface area contributed by atoms with Crippen LogP contribution < -0.4 is 10.1 Å². The Morgan fingerprint density at radius 3 is 2.88 bits per heavy atom. The number of nitrogens with zero attached hydrogens (tertiary/aromatic N) is 1. The van der Waals surface area contributed by atoms with Gasteiger partial charge in [-0.15, -0.1) is 0 Å². The Morgan fingerprint density at radius 1 is 1.21 bits per heavy atom. The van der Waals surface area contributed by atoms with Gasteiger partial charge in [0.15, 0.2) is 0 Å². The molecule has 0 aliphatic heterocycles. The maximum Gasteiger partial charge on any atom is 0.251 e. The van der Waals surface area contributed by atoms with Crippen molar-refractivity contribution < 1.29 is 9.53 Å². The van der Waals surface area contributed by atoms with Gasteiger partial charge in [-0.2, -0.15) is 0 Å². The highest BCUT2D eigenvalue weighted by molar-refractivity contribution is 5.95. The van der Waals surface area contributed by atoms with Crippen LogP contribution in [-0.4, -0.2) is 29.5 Å². The SMILES string of the molecule is COc1ccccc1-c1cccc(C(=O)NCCc2cnc[nH]2)c1. The number of H-pyrrole nitrogens is 1. The lowest BCUT2D eigenvalue weighted by Gasteiger charge is -2.10. The summed E-state index contributed by atoms with van der Waals surface area (Å²) < 4.78 is 5.40. The molecule has 0 bridgehead atoms. The third kappa shape index (κ3) is 3.63. The Kier molecular flexibility index (Phi) is 4.91. The molecular weight excluding hydrogens is 302 g/mol. The Bertz CT molecular complexity index is 813. The van der Waals surface area contributed by atoms with E-state index in [1.165, 1.54) is 0 Å². The van der Waals surface area contributed by atoms with E-state index in [9.17, 15) is 4.79 Å². The summed E-state index contributed by atoms with van der Waals surface area (Å²) in [5, 5.41) is 2.93. The highest BCUT2D eigenvalue weighted by Gasteiger charge is 2.09. The largest absolute Gasteiger partial charge is 0.496 e. The molecule has 2 N–H and O–H groups in total. The molecule has 1 amide bonds. The van der Waals surface area contributed by atoms with Crippen LogP contribution in [0.25, 0.3) is 11.1 Å². The minimum absolute atomic E-state index is 0.0914. The molecule has 0 saturated heterocycles. The van der Waals surface area contributed by atoms with Crippen LogP contribution in [0.2, 0.25) is 0 Å². The molecule has 0 fully saturated rings. The van der Waals surface area contributed by atoms with Gasteiger partial charge >= 0.3 is 0 Å². The van der Waals surface area contributed by atoms with Crippen LogP contribution in [0.3, 0.4) is 0 Å². The summed E-state index contributed by atoms with van der Waals surface area (Å²) in [7, 11) is 1.64. The average molecular weight is 321 g/mol. The number of hydrogen-bond acceptors (Lipinski definition) is 3. The normalized spacial score (nSPS) is 10.4. The first kappa shape index (κ1) is 15.8. The number of aromatic nitrogens is 2. The Morgan fingerprint density at radius 2 is 2.08 bits per heavy atom. The van der Waals surface area contributed by atoms with Gasteiger partial charge in [-0.25, -0.2) is 4.98 Å². The number of rotatable bonds is 6. The fourth-order valence-electron chi connectivity index (χ4n) is 2.55. The molecule has 3 aromatic rings. The molecule has 5 nitrogen and oxygen atoms in total. The Balaban J connectivity index is 1.71. The third-order valence-corrected chi connectivity index (χ3v) is 3.78. The molecule has 24 heavy (non-hydrogen) atoms. The van der Waals surface area contributed by atoms with Crippen LogP contribution in [0.15, 0.2) is 61.1 Å². The maximum absolute atomic E-state index is 12.3. The summed E-state index contributed by atoms with van der Waals surface area (Å²) in [6, 6.07) is 15.3. The summed E-state index contributed by atoms with van der Waals surface area (Å²) in [4.78, 5) is 19.3. The van der Waals surface area contributed by atoms with Crippen LogP contribution in [0.4, 0.5) is 0 Å². The fourth-order valence-corrected chi connectivity index (χ4v) is 2.55. The molecule has 2 aromatic carbocycles. The van der Waals surface area contributed by atoms with E-state index in [0.717, 1.165) is 29.0 Å². The van der Waals surface area contributed by atoms with E-state index in [4.69, 9.17) is 4.74 Å². The van der Waals surface area contributed by atoms with Gasteiger partial charge in [0.25, 0.3) is 5.91 Å². The zero-order chi connectivity index (χ0) is 16.8. The lowest BCUT2D eigenvalue weighted by atomic mass is 10.0.